The molecule has 0 spiro atoms. The lowest BCUT2D eigenvalue weighted by molar-refractivity contribution is 0.875. The Hall–Kier alpha value is -3.82. The smallest absolute Gasteiger partial charge is 0.273 e. The number of aromatic amines is 1. The van der Waals surface area contributed by atoms with Gasteiger partial charge >= 0.3 is 5.69 Å². The SMILES string of the molecule is CSc1ccc(-n2c(-c3ccc(C)cc3)c(Cc3ccc(C#N)cc3)c(=O)[nH]c2=O)cc1. The van der Waals surface area contributed by atoms with Crippen LogP contribution < -0.4 is 11.2 Å². The largest absolute Gasteiger partial charge is 0.333 e. The number of rotatable bonds is 5. The Balaban J connectivity index is 1.97. The Morgan fingerprint density at radius 3 is 2.19 bits per heavy atom. The van der Waals surface area contributed by atoms with Crippen LogP contribution in [0.5, 0.6) is 0 Å². The molecule has 0 aliphatic carbocycles. The molecule has 0 saturated heterocycles. The molecule has 4 rings (SSSR count). The number of hydrogen-bond acceptors (Lipinski definition) is 4. The molecule has 0 radical (unpaired) electrons. The van der Waals surface area contributed by atoms with E-state index in [9.17, 15) is 9.59 Å². The van der Waals surface area contributed by atoms with E-state index in [1.54, 1.807) is 28.5 Å². The van der Waals surface area contributed by atoms with Gasteiger partial charge in [-0.05, 0) is 60.7 Å². The van der Waals surface area contributed by atoms with Gasteiger partial charge < -0.3 is 0 Å². The third-order valence-corrected chi connectivity index (χ3v) is 6.07. The van der Waals surface area contributed by atoms with E-state index >= 15 is 0 Å². The molecule has 0 unspecified atom stereocenters. The number of thioether (sulfide) groups is 1. The van der Waals surface area contributed by atoms with Crippen LogP contribution in [0, 0.1) is 18.3 Å². The average molecular weight is 440 g/mol. The zero-order chi connectivity index (χ0) is 22.7. The summed E-state index contributed by atoms with van der Waals surface area (Å²) in [6.45, 7) is 1.99. The molecule has 0 aliphatic heterocycles. The lowest BCUT2D eigenvalue weighted by Crippen LogP contribution is -2.33. The molecule has 1 N–H and O–H groups in total. The third kappa shape index (κ3) is 4.29. The molecule has 158 valence electrons. The summed E-state index contributed by atoms with van der Waals surface area (Å²) < 4.78 is 1.56. The van der Waals surface area contributed by atoms with Gasteiger partial charge in [0.05, 0.1) is 23.0 Å². The summed E-state index contributed by atoms with van der Waals surface area (Å²) in [5.41, 5.74) is 4.17. The van der Waals surface area contributed by atoms with Crippen LogP contribution in [-0.4, -0.2) is 15.8 Å². The van der Waals surface area contributed by atoms with Crippen molar-refractivity contribution >= 4 is 11.8 Å². The first-order valence-corrected chi connectivity index (χ1v) is 11.3. The first-order chi connectivity index (χ1) is 15.5. The van der Waals surface area contributed by atoms with Crippen LogP contribution in [0.15, 0.2) is 87.3 Å². The topological polar surface area (TPSA) is 78.7 Å². The fraction of sp³-hybridized carbons (Fsp3) is 0.115. The minimum atomic E-state index is -0.481. The number of H-pyrrole nitrogens is 1. The molecular formula is C26H21N3O2S. The van der Waals surface area contributed by atoms with Crippen molar-refractivity contribution in [3.63, 3.8) is 0 Å². The van der Waals surface area contributed by atoms with Crippen LogP contribution in [-0.2, 0) is 6.42 Å². The summed E-state index contributed by atoms with van der Waals surface area (Å²) in [6, 6.07) is 24.7. The molecule has 1 aromatic heterocycles. The van der Waals surface area contributed by atoms with Crippen LogP contribution in [0.1, 0.15) is 22.3 Å². The van der Waals surface area contributed by atoms with Gasteiger partial charge in [-0.2, -0.15) is 5.26 Å². The molecule has 0 saturated carbocycles. The van der Waals surface area contributed by atoms with Gasteiger partial charge in [0.15, 0.2) is 0 Å². The van der Waals surface area contributed by atoms with E-state index in [0.717, 1.165) is 21.6 Å². The second-order valence-corrected chi connectivity index (χ2v) is 8.35. The molecule has 0 atom stereocenters. The molecular weight excluding hydrogens is 418 g/mol. The normalized spacial score (nSPS) is 10.7. The highest BCUT2D eigenvalue weighted by atomic mass is 32.2. The van der Waals surface area contributed by atoms with Crippen LogP contribution in [0.25, 0.3) is 16.9 Å². The number of nitriles is 1. The minimum Gasteiger partial charge on any atom is -0.273 e. The Morgan fingerprint density at radius 2 is 1.59 bits per heavy atom. The molecule has 0 fully saturated rings. The van der Waals surface area contributed by atoms with Crippen molar-refractivity contribution in [3.05, 3.63) is 116 Å². The van der Waals surface area contributed by atoms with Gasteiger partial charge in [0.1, 0.15) is 0 Å². The summed E-state index contributed by atoms with van der Waals surface area (Å²) in [6.07, 6.45) is 2.32. The molecule has 0 aliphatic rings. The van der Waals surface area contributed by atoms with Gasteiger partial charge in [0.2, 0.25) is 0 Å². The number of hydrogen-bond donors (Lipinski definition) is 1. The molecule has 3 aromatic carbocycles. The van der Waals surface area contributed by atoms with E-state index in [-0.39, 0.29) is 0 Å². The second kappa shape index (κ2) is 9.13. The van der Waals surface area contributed by atoms with Crippen molar-refractivity contribution in [3.8, 4) is 23.0 Å². The summed E-state index contributed by atoms with van der Waals surface area (Å²) in [4.78, 5) is 29.6. The molecule has 5 nitrogen and oxygen atoms in total. The summed E-state index contributed by atoms with van der Waals surface area (Å²) in [5, 5.41) is 9.06. The van der Waals surface area contributed by atoms with Gasteiger partial charge in [-0.1, -0.05) is 42.0 Å². The molecule has 0 bridgehead atoms. The van der Waals surface area contributed by atoms with Crippen molar-refractivity contribution in [1.29, 1.82) is 5.26 Å². The van der Waals surface area contributed by atoms with Crippen LogP contribution in [0.4, 0.5) is 0 Å². The molecule has 32 heavy (non-hydrogen) atoms. The highest BCUT2D eigenvalue weighted by Gasteiger charge is 2.18. The van der Waals surface area contributed by atoms with Crippen molar-refractivity contribution in [1.82, 2.24) is 9.55 Å². The molecule has 1 heterocycles. The van der Waals surface area contributed by atoms with Gasteiger partial charge in [-0.3, -0.25) is 14.3 Å². The monoisotopic (exact) mass is 439 g/mol. The number of aromatic nitrogens is 2. The lowest BCUT2D eigenvalue weighted by atomic mass is 9.98. The van der Waals surface area contributed by atoms with E-state index in [4.69, 9.17) is 5.26 Å². The standard InChI is InChI=1S/C26H21N3O2S/c1-17-3-9-20(10-4-17)24-23(15-18-5-7-19(16-27)8-6-18)25(30)28-26(31)29(24)21-11-13-22(32-2)14-12-21/h3-14H,15H2,1-2H3,(H,28,30,31). The number of benzene rings is 3. The predicted octanol–water partition coefficient (Wildman–Crippen LogP) is 4.69. The van der Waals surface area contributed by atoms with E-state index < -0.39 is 11.2 Å². The molecule has 4 aromatic rings. The van der Waals surface area contributed by atoms with E-state index in [1.807, 2.05) is 73.8 Å². The minimum absolute atomic E-state index is 0.327. The van der Waals surface area contributed by atoms with Gasteiger partial charge in [-0.25, -0.2) is 4.79 Å². The zero-order valence-electron chi connectivity index (χ0n) is 17.8. The first kappa shape index (κ1) is 21.4. The Bertz CT molecular complexity index is 1410. The lowest BCUT2D eigenvalue weighted by Gasteiger charge is -2.17. The maximum absolute atomic E-state index is 13.0. The third-order valence-electron chi connectivity index (χ3n) is 5.33. The quantitative estimate of drug-likeness (QED) is 0.458. The second-order valence-electron chi connectivity index (χ2n) is 7.47. The average Bonchev–Trinajstić information content (AvgIpc) is 2.82. The van der Waals surface area contributed by atoms with E-state index in [0.29, 0.717) is 28.9 Å². The Kier molecular flexibility index (Phi) is 6.11. The number of nitrogens with one attached hydrogen (secondary N) is 1. The molecule has 6 heteroatoms. The Labute approximate surface area is 190 Å². The molecule has 0 amide bonds. The van der Waals surface area contributed by atoms with Crippen LogP contribution in [0.3, 0.4) is 0 Å². The first-order valence-electron chi connectivity index (χ1n) is 10.1. The maximum Gasteiger partial charge on any atom is 0.333 e. The van der Waals surface area contributed by atoms with Crippen molar-refractivity contribution in [2.75, 3.05) is 6.26 Å². The highest BCUT2D eigenvalue weighted by molar-refractivity contribution is 7.98. The number of aryl methyl sites for hydroxylation is 1. The van der Waals surface area contributed by atoms with Crippen molar-refractivity contribution < 1.29 is 0 Å². The zero-order valence-corrected chi connectivity index (χ0v) is 18.6. The fourth-order valence-electron chi connectivity index (χ4n) is 3.63. The fourth-order valence-corrected chi connectivity index (χ4v) is 4.04. The van der Waals surface area contributed by atoms with E-state index in [1.165, 1.54) is 0 Å². The van der Waals surface area contributed by atoms with Crippen LogP contribution in [0.2, 0.25) is 0 Å². The van der Waals surface area contributed by atoms with Crippen LogP contribution >= 0.6 is 11.8 Å². The maximum atomic E-state index is 13.0. The summed E-state index contributed by atoms with van der Waals surface area (Å²) >= 11 is 1.62. The highest BCUT2D eigenvalue weighted by Crippen LogP contribution is 2.26. The van der Waals surface area contributed by atoms with Crippen molar-refractivity contribution in [2.45, 2.75) is 18.2 Å². The van der Waals surface area contributed by atoms with Gasteiger partial charge in [-0.15, -0.1) is 11.8 Å². The van der Waals surface area contributed by atoms with Gasteiger partial charge in [0.25, 0.3) is 5.56 Å². The summed E-state index contributed by atoms with van der Waals surface area (Å²) in [7, 11) is 0. The predicted molar refractivity (Wildman–Crippen MR) is 129 cm³/mol. The Morgan fingerprint density at radius 1 is 0.938 bits per heavy atom. The van der Waals surface area contributed by atoms with Gasteiger partial charge in [0, 0.05) is 16.9 Å². The van der Waals surface area contributed by atoms with E-state index in [2.05, 4.69) is 11.1 Å². The summed E-state index contributed by atoms with van der Waals surface area (Å²) in [5.74, 6) is 0. The van der Waals surface area contributed by atoms with Crippen molar-refractivity contribution in [2.24, 2.45) is 0 Å². The number of nitrogens with zero attached hydrogens (tertiary/aromatic N) is 2.